The third kappa shape index (κ3) is 2.97. The number of aromatic nitrogens is 2. The zero-order chi connectivity index (χ0) is 21.9. The van der Waals surface area contributed by atoms with Crippen molar-refractivity contribution in [3.63, 3.8) is 0 Å². The van der Waals surface area contributed by atoms with Crippen LogP contribution in [0.25, 0.3) is 0 Å². The Hall–Kier alpha value is -2.83. The van der Waals surface area contributed by atoms with Gasteiger partial charge in [0.25, 0.3) is 0 Å². The number of aryl methyl sites for hydroxylation is 2. The van der Waals surface area contributed by atoms with E-state index in [9.17, 15) is 9.59 Å². The first-order valence-electron chi connectivity index (χ1n) is 9.97. The number of nitrogens with one attached hydrogen (secondary N) is 2. The predicted octanol–water partition coefficient (Wildman–Crippen LogP) is 4.27. The summed E-state index contributed by atoms with van der Waals surface area (Å²) in [6.07, 6.45) is 0.156. The van der Waals surface area contributed by atoms with Crippen LogP contribution in [-0.4, -0.2) is 21.6 Å². The molecule has 1 aromatic heterocycles. The largest absolute Gasteiger partial charge is 0.346 e. The van der Waals surface area contributed by atoms with Gasteiger partial charge < -0.3 is 10.6 Å². The number of hydrogen-bond acceptors (Lipinski definition) is 3. The van der Waals surface area contributed by atoms with Gasteiger partial charge in [0.05, 0.1) is 17.4 Å². The van der Waals surface area contributed by atoms with Crippen molar-refractivity contribution in [3.8, 4) is 0 Å². The van der Waals surface area contributed by atoms with Crippen molar-refractivity contribution in [1.29, 1.82) is 0 Å². The van der Waals surface area contributed by atoms with Crippen molar-refractivity contribution in [2.24, 2.45) is 7.05 Å². The lowest BCUT2D eigenvalue weighted by molar-refractivity contribution is -0.131. The maximum absolute atomic E-state index is 13.8. The molecule has 0 unspecified atom stereocenters. The minimum absolute atomic E-state index is 0.130. The van der Waals surface area contributed by atoms with Crippen LogP contribution in [0.2, 0.25) is 10.0 Å². The number of amides is 2. The zero-order valence-corrected chi connectivity index (χ0v) is 18.5. The number of carbonyl (C=O) groups excluding carboxylic acids is 2. The number of hydrogen-bond donors (Lipinski definition) is 2. The third-order valence-corrected chi connectivity index (χ3v) is 6.81. The number of anilines is 1. The summed E-state index contributed by atoms with van der Waals surface area (Å²) in [5.74, 6) is -0.740. The van der Waals surface area contributed by atoms with Crippen LogP contribution in [0.15, 0.2) is 48.5 Å². The molecule has 0 radical (unpaired) electrons. The van der Waals surface area contributed by atoms with Crippen LogP contribution >= 0.6 is 23.2 Å². The monoisotopic (exact) mass is 454 g/mol. The van der Waals surface area contributed by atoms with Crippen LogP contribution in [0.3, 0.4) is 0 Å². The Morgan fingerprint density at radius 1 is 1.10 bits per heavy atom. The second kappa shape index (κ2) is 7.11. The fourth-order valence-electron chi connectivity index (χ4n) is 5.15. The van der Waals surface area contributed by atoms with E-state index in [1.807, 2.05) is 44.3 Å². The van der Waals surface area contributed by atoms with E-state index in [1.165, 1.54) is 0 Å². The van der Waals surface area contributed by atoms with Crippen LogP contribution in [-0.2, 0) is 22.1 Å². The lowest BCUT2D eigenvalue weighted by Crippen LogP contribution is -2.57. The van der Waals surface area contributed by atoms with Gasteiger partial charge in [-0.2, -0.15) is 5.10 Å². The van der Waals surface area contributed by atoms with E-state index < -0.39 is 17.4 Å². The summed E-state index contributed by atoms with van der Waals surface area (Å²) in [6, 6.07) is 14.1. The highest BCUT2D eigenvalue weighted by Gasteiger charge is 2.61. The van der Waals surface area contributed by atoms with Crippen molar-refractivity contribution < 1.29 is 9.59 Å². The molecule has 31 heavy (non-hydrogen) atoms. The Labute approximate surface area is 189 Å². The zero-order valence-electron chi connectivity index (χ0n) is 16.9. The van der Waals surface area contributed by atoms with E-state index >= 15 is 0 Å². The average Bonchev–Trinajstić information content (AvgIpc) is 3.19. The molecule has 5 rings (SSSR count). The molecule has 2 aliphatic heterocycles. The molecule has 8 heteroatoms. The predicted molar refractivity (Wildman–Crippen MR) is 119 cm³/mol. The quantitative estimate of drug-likeness (QED) is 0.606. The maximum atomic E-state index is 13.8. The summed E-state index contributed by atoms with van der Waals surface area (Å²) in [5.41, 5.74) is 2.78. The fraction of sp³-hybridized carbons (Fsp3) is 0.261. The SMILES string of the molecule is Cc1cc([C@@H]2NC(=O)C[C@@H](c3cccc(Cl)c3)[C@]23C(=O)Nc2cc(Cl)ccc23)n(C)n1. The minimum Gasteiger partial charge on any atom is -0.346 e. The first kappa shape index (κ1) is 20.1. The molecule has 3 atom stereocenters. The van der Waals surface area contributed by atoms with E-state index in [0.29, 0.717) is 15.7 Å². The van der Waals surface area contributed by atoms with Crippen LogP contribution in [0, 0.1) is 6.92 Å². The number of piperidine rings is 1. The Balaban J connectivity index is 1.82. The van der Waals surface area contributed by atoms with Crippen molar-refractivity contribution in [3.05, 3.63) is 81.1 Å². The number of benzene rings is 2. The molecule has 3 aromatic rings. The van der Waals surface area contributed by atoms with Crippen molar-refractivity contribution in [1.82, 2.24) is 15.1 Å². The molecule has 1 fully saturated rings. The number of halogens is 2. The van der Waals surface area contributed by atoms with Crippen LogP contribution in [0.1, 0.15) is 40.9 Å². The normalized spacial score (nSPS) is 24.8. The van der Waals surface area contributed by atoms with Gasteiger partial charge in [-0.05, 0) is 48.4 Å². The molecule has 0 aliphatic carbocycles. The van der Waals surface area contributed by atoms with Crippen LogP contribution in [0.5, 0.6) is 0 Å². The van der Waals surface area contributed by atoms with Gasteiger partial charge in [0.15, 0.2) is 0 Å². The summed E-state index contributed by atoms with van der Waals surface area (Å²) >= 11 is 12.5. The number of carbonyl (C=O) groups is 2. The lowest BCUT2D eigenvalue weighted by Gasteiger charge is -2.46. The Morgan fingerprint density at radius 3 is 2.58 bits per heavy atom. The highest BCUT2D eigenvalue weighted by molar-refractivity contribution is 6.31. The molecule has 1 spiro atoms. The van der Waals surface area contributed by atoms with E-state index in [4.69, 9.17) is 23.2 Å². The van der Waals surface area contributed by atoms with Gasteiger partial charge in [0.1, 0.15) is 5.41 Å². The molecule has 2 amide bonds. The molecule has 158 valence electrons. The molecule has 1 saturated heterocycles. The van der Waals surface area contributed by atoms with E-state index in [2.05, 4.69) is 15.7 Å². The topological polar surface area (TPSA) is 76.0 Å². The minimum atomic E-state index is -1.08. The molecule has 2 aliphatic rings. The van der Waals surface area contributed by atoms with Gasteiger partial charge in [0.2, 0.25) is 11.8 Å². The smallest absolute Gasteiger partial charge is 0.238 e. The molecular formula is C23H20Cl2N4O2. The molecule has 2 N–H and O–H groups in total. The van der Waals surface area contributed by atoms with Crippen LogP contribution < -0.4 is 10.6 Å². The maximum Gasteiger partial charge on any atom is 0.238 e. The average molecular weight is 455 g/mol. The second-order valence-corrected chi connectivity index (χ2v) is 9.03. The van der Waals surface area contributed by atoms with Crippen molar-refractivity contribution in [2.45, 2.75) is 30.7 Å². The summed E-state index contributed by atoms with van der Waals surface area (Å²) in [5, 5.41) is 11.7. The van der Waals surface area contributed by atoms with E-state index in [-0.39, 0.29) is 18.2 Å². The Bertz CT molecular complexity index is 1240. The Kier molecular flexibility index (Phi) is 4.61. The number of fused-ring (bicyclic) bond motifs is 2. The number of nitrogens with zero attached hydrogens (tertiary/aromatic N) is 2. The van der Waals surface area contributed by atoms with Crippen LogP contribution in [0.4, 0.5) is 5.69 Å². The van der Waals surface area contributed by atoms with Crippen molar-refractivity contribution in [2.75, 3.05) is 5.32 Å². The first-order chi connectivity index (χ1) is 14.8. The second-order valence-electron chi connectivity index (χ2n) is 8.16. The van der Waals surface area contributed by atoms with Crippen molar-refractivity contribution >= 4 is 40.7 Å². The summed E-state index contributed by atoms with van der Waals surface area (Å²) in [7, 11) is 1.82. The molecule has 0 bridgehead atoms. The number of rotatable bonds is 2. The molecule has 6 nitrogen and oxygen atoms in total. The van der Waals surface area contributed by atoms with Gasteiger partial charge in [0, 0.05) is 35.1 Å². The van der Waals surface area contributed by atoms with E-state index in [0.717, 1.165) is 22.5 Å². The summed E-state index contributed by atoms with van der Waals surface area (Å²) in [4.78, 5) is 26.7. The Morgan fingerprint density at radius 2 is 1.87 bits per heavy atom. The lowest BCUT2D eigenvalue weighted by atomic mass is 9.60. The third-order valence-electron chi connectivity index (χ3n) is 6.34. The standard InChI is InChI=1S/C23H20Cl2N4O2/c1-12-8-19(29(2)28-12)21-23(16-7-6-15(25)10-18(16)26-22(23)31)17(11-20(30)27-21)13-4-3-5-14(24)9-13/h3-10,17,21H,11H2,1-2H3,(H,26,31)(H,27,30)/t17-,21-,23-/m0/s1. The summed E-state index contributed by atoms with van der Waals surface area (Å²) in [6.45, 7) is 1.89. The van der Waals surface area contributed by atoms with Gasteiger partial charge in [-0.1, -0.05) is 41.4 Å². The molecule has 0 saturated carbocycles. The molecule has 2 aromatic carbocycles. The van der Waals surface area contributed by atoms with Gasteiger partial charge >= 0.3 is 0 Å². The highest BCUT2D eigenvalue weighted by Crippen LogP contribution is 2.57. The van der Waals surface area contributed by atoms with E-state index in [1.54, 1.807) is 22.9 Å². The fourth-order valence-corrected chi connectivity index (χ4v) is 5.53. The van der Waals surface area contributed by atoms with Gasteiger partial charge in [-0.15, -0.1) is 0 Å². The summed E-state index contributed by atoms with van der Waals surface area (Å²) < 4.78 is 1.73. The molecular weight excluding hydrogens is 435 g/mol. The van der Waals surface area contributed by atoms with Gasteiger partial charge in [-0.25, -0.2) is 0 Å². The first-order valence-corrected chi connectivity index (χ1v) is 10.7. The highest BCUT2D eigenvalue weighted by atomic mass is 35.5. The van der Waals surface area contributed by atoms with Gasteiger partial charge in [-0.3, -0.25) is 14.3 Å². The molecule has 3 heterocycles.